The molecule has 0 saturated carbocycles. The van der Waals surface area contributed by atoms with Crippen LogP contribution in [0.1, 0.15) is 48.4 Å². The van der Waals surface area contributed by atoms with Gasteiger partial charge in [0, 0.05) is 24.1 Å². The van der Waals surface area contributed by atoms with Crippen LogP contribution in [-0.4, -0.2) is 17.5 Å². The molecule has 0 N–H and O–H groups in total. The van der Waals surface area contributed by atoms with Crippen molar-refractivity contribution < 1.29 is 4.74 Å². The van der Waals surface area contributed by atoms with Crippen molar-refractivity contribution in [3.63, 3.8) is 0 Å². The first-order valence-corrected chi connectivity index (χ1v) is 12.3. The van der Waals surface area contributed by atoms with E-state index < -0.39 is 0 Å². The normalized spacial score (nSPS) is 12.1. The first-order chi connectivity index (χ1) is 16.7. The molecule has 0 spiro atoms. The number of benzene rings is 4. The lowest BCUT2D eigenvalue weighted by Gasteiger charge is -2.29. The van der Waals surface area contributed by atoms with Crippen LogP contribution >= 0.6 is 0 Å². The van der Waals surface area contributed by atoms with Gasteiger partial charge in [-0.3, -0.25) is 4.90 Å². The Morgan fingerprint density at radius 3 is 1.85 bits per heavy atom. The molecule has 0 bridgehead atoms. The average molecular weight is 450 g/mol. The van der Waals surface area contributed by atoms with E-state index in [2.05, 4.69) is 128 Å². The van der Waals surface area contributed by atoms with E-state index >= 15 is 0 Å². The molecule has 0 aliphatic heterocycles. The van der Waals surface area contributed by atoms with Crippen molar-refractivity contribution in [2.45, 2.75) is 45.4 Å². The van der Waals surface area contributed by atoms with Crippen molar-refractivity contribution >= 4 is 0 Å². The molecule has 2 nitrogen and oxygen atoms in total. The summed E-state index contributed by atoms with van der Waals surface area (Å²) in [7, 11) is 0. The Kier molecular flexibility index (Phi) is 8.54. The van der Waals surface area contributed by atoms with Crippen molar-refractivity contribution in [1.82, 2.24) is 4.90 Å². The van der Waals surface area contributed by atoms with Crippen LogP contribution in [0.5, 0.6) is 5.75 Å². The van der Waals surface area contributed by atoms with Gasteiger partial charge in [0.15, 0.2) is 0 Å². The minimum absolute atomic E-state index is 0.269. The Hall–Kier alpha value is -3.36. The zero-order valence-corrected chi connectivity index (χ0v) is 20.3. The molecule has 0 saturated heterocycles. The molecule has 1 atom stereocenters. The molecule has 174 valence electrons. The van der Waals surface area contributed by atoms with Crippen molar-refractivity contribution in [2.75, 3.05) is 6.54 Å². The third-order valence-electron chi connectivity index (χ3n) is 6.40. The second-order valence-corrected chi connectivity index (χ2v) is 9.11. The lowest BCUT2D eigenvalue weighted by molar-refractivity contribution is 0.206. The van der Waals surface area contributed by atoms with Crippen LogP contribution in [0.25, 0.3) is 0 Å². The van der Waals surface area contributed by atoms with Crippen molar-refractivity contribution in [2.24, 2.45) is 0 Å². The highest BCUT2D eigenvalue weighted by Crippen LogP contribution is 2.35. The first-order valence-electron chi connectivity index (χ1n) is 12.3. The molecule has 0 heterocycles. The minimum Gasteiger partial charge on any atom is -0.489 e. The van der Waals surface area contributed by atoms with Gasteiger partial charge in [-0.2, -0.15) is 0 Å². The van der Waals surface area contributed by atoms with Crippen LogP contribution in [0, 0.1) is 0 Å². The van der Waals surface area contributed by atoms with Crippen molar-refractivity contribution in [3.8, 4) is 5.75 Å². The summed E-state index contributed by atoms with van der Waals surface area (Å²) >= 11 is 0. The monoisotopic (exact) mass is 449 g/mol. The van der Waals surface area contributed by atoms with Gasteiger partial charge in [0.1, 0.15) is 12.4 Å². The van der Waals surface area contributed by atoms with Crippen LogP contribution in [0.4, 0.5) is 0 Å². The highest BCUT2D eigenvalue weighted by Gasteiger charge is 2.21. The summed E-state index contributed by atoms with van der Waals surface area (Å²) in [6.45, 7) is 7.13. The summed E-state index contributed by atoms with van der Waals surface area (Å²) in [5.41, 5.74) is 5.14. The summed E-state index contributed by atoms with van der Waals surface area (Å²) in [4.78, 5) is 2.57. The summed E-state index contributed by atoms with van der Waals surface area (Å²) in [6, 6.07) is 41.0. The molecule has 4 aromatic rings. The third kappa shape index (κ3) is 6.59. The molecule has 34 heavy (non-hydrogen) atoms. The molecule has 2 heteroatoms. The second-order valence-electron chi connectivity index (χ2n) is 9.11. The predicted octanol–water partition coefficient (Wildman–Crippen LogP) is 7.70. The highest BCUT2D eigenvalue weighted by molar-refractivity contribution is 5.42. The van der Waals surface area contributed by atoms with Crippen LogP contribution in [-0.2, 0) is 13.2 Å². The molecule has 0 aliphatic carbocycles. The lowest BCUT2D eigenvalue weighted by Crippen LogP contribution is -2.32. The first kappa shape index (κ1) is 23.8. The Balaban J connectivity index is 1.56. The van der Waals surface area contributed by atoms with Gasteiger partial charge >= 0.3 is 0 Å². The Bertz CT molecular complexity index is 1110. The number of hydrogen-bond acceptors (Lipinski definition) is 2. The Labute approximate surface area is 204 Å². The van der Waals surface area contributed by atoms with Gasteiger partial charge in [0.25, 0.3) is 0 Å². The van der Waals surface area contributed by atoms with Gasteiger partial charge in [-0.25, -0.2) is 0 Å². The quantitative estimate of drug-likeness (QED) is 0.233. The fourth-order valence-corrected chi connectivity index (χ4v) is 4.45. The summed E-state index contributed by atoms with van der Waals surface area (Å²) in [6.07, 6.45) is 1.03. The molecule has 0 amide bonds. The molecular formula is C32H35NO. The van der Waals surface area contributed by atoms with Gasteiger partial charge in [0.2, 0.25) is 0 Å². The molecule has 4 aromatic carbocycles. The van der Waals surface area contributed by atoms with E-state index in [0.717, 1.165) is 25.3 Å². The zero-order chi connectivity index (χ0) is 23.6. The smallest absolute Gasteiger partial charge is 0.123 e. The zero-order valence-electron chi connectivity index (χ0n) is 20.3. The predicted molar refractivity (Wildman–Crippen MR) is 142 cm³/mol. The highest BCUT2D eigenvalue weighted by atomic mass is 16.5. The summed E-state index contributed by atoms with van der Waals surface area (Å²) < 4.78 is 6.36. The van der Waals surface area contributed by atoms with E-state index in [1.165, 1.54) is 22.3 Å². The van der Waals surface area contributed by atoms with Gasteiger partial charge < -0.3 is 4.74 Å². The van der Waals surface area contributed by atoms with E-state index in [-0.39, 0.29) is 5.92 Å². The molecule has 0 fully saturated rings. The summed E-state index contributed by atoms with van der Waals surface area (Å²) in [5, 5.41) is 0. The van der Waals surface area contributed by atoms with E-state index in [4.69, 9.17) is 4.74 Å². The standard InChI is InChI=1S/C32H35NO/c1-26(2)33(24-27-14-6-3-7-15-27)23-22-30(29-18-10-5-11-19-29)31-20-12-13-21-32(31)34-25-28-16-8-4-9-17-28/h3-21,26,30H,22-25H2,1-2H3. The summed E-state index contributed by atoms with van der Waals surface area (Å²) in [5.74, 6) is 1.24. The molecule has 0 aromatic heterocycles. The average Bonchev–Trinajstić information content (AvgIpc) is 2.89. The van der Waals surface area contributed by atoms with Gasteiger partial charge in [-0.15, -0.1) is 0 Å². The fourth-order valence-electron chi connectivity index (χ4n) is 4.45. The van der Waals surface area contributed by atoms with Gasteiger partial charge in [-0.1, -0.05) is 109 Å². The van der Waals surface area contributed by atoms with Crippen LogP contribution in [0.3, 0.4) is 0 Å². The molecule has 0 aliphatic rings. The van der Waals surface area contributed by atoms with Crippen LogP contribution in [0.2, 0.25) is 0 Å². The maximum absolute atomic E-state index is 6.36. The third-order valence-corrected chi connectivity index (χ3v) is 6.40. The van der Waals surface area contributed by atoms with Gasteiger partial charge in [0.05, 0.1) is 0 Å². The molecule has 4 rings (SSSR count). The van der Waals surface area contributed by atoms with Crippen LogP contribution < -0.4 is 4.74 Å². The number of para-hydroxylation sites is 1. The largest absolute Gasteiger partial charge is 0.489 e. The number of rotatable bonds is 11. The Morgan fingerprint density at radius 1 is 0.647 bits per heavy atom. The van der Waals surface area contributed by atoms with Gasteiger partial charge in [-0.05, 0) is 49.6 Å². The van der Waals surface area contributed by atoms with Crippen molar-refractivity contribution in [1.29, 1.82) is 0 Å². The minimum atomic E-state index is 0.269. The molecule has 0 radical (unpaired) electrons. The topological polar surface area (TPSA) is 12.5 Å². The lowest BCUT2D eigenvalue weighted by atomic mass is 9.87. The van der Waals surface area contributed by atoms with E-state index in [1.807, 2.05) is 6.07 Å². The molecular weight excluding hydrogens is 414 g/mol. The van der Waals surface area contributed by atoms with E-state index in [0.29, 0.717) is 12.6 Å². The number of nitrogens with zero attached hydrogens (tertiary/aromatic N) is 1. The Morgan fingerprint density at radius 2 is 1.21 bits per heavy atom. The van der Waals surface area contributed by atoms with Crippen molar-refractivity contribution in [3.05, 3.63) is 138 Å². The SMILES string of the molecule is CC(C)N(CCC(c1ccccc1)c1ccccc1OCc1ccccc1)Cc1ccccc1. The maximum atomic E-state index is 6.36. The van der Waals surface area contributed by atoms with Crippen LogP contribution in [0.15, 0.2) is 115 Å². The second kappa shape index (κ2) is 12.2. The number of hydrogen-bond donors (Lipinski definition) is 0. The molecule has 1 unspecified atom stereocenters. The maximum Gasteiger partial charge on any atom is 0.123 e. The van der Waals surface area contributed by atoms with E-state index in [1.54, 1.807) is 0 Å². The van der Waals surface area contributed by atoms with E-state index in [9.17, 15) is 0 Å². The number of ether oxygens (including phenoxy) is 1. The fraction of sp³-hybridized carbons (Fsp3) is 0.250.